The van der Waals surface area contributed by atoms with Crippen LogP contribution in [0.5, 0.6) is 46.0 Å². The second kappa shape index (κ2) is 17.2. The Hall–Kier alpha value is -9.93. The standard InChI is InChI=1S/C62H40N4O6/c1-36-12-16-40(17-13-36)71-44-22-26-48-52(30-44)60-34-55-47-25-21-43(70-39-10-6-3-7-11-39)29-51(47)58(64-55)32-54-46-24-20-42(69-38-8-4-2-5-9-38)28-50(46)59(63-54)33-56-49-27-23-45(31-53(49)61(66-56)35-57(48)65-60)72-41-18-14-37(15-19-41)62(67)68/h2-35,63,65H,1H3,(H,67,68). The van der Waals surface area contributed by atoms with Crippen LogP contribution in [0.3, 0.4) is 0 Å². The summed E-state index contributed by atoms with van der Waals surface area (Å²) in [6.07, 6.45) is 0. The van der Waals surface area contributed by atoms with Crippen LogP contribution in [0, 0.1) is 6.92 Å². The maximum absolute atomic E-state index is 11.6. The molecule has 0 spiro atoms. The number of carboxylic acids is 1. The molecule has 0 radical (unpaired) electrons. The van der Waals surface area contributed by atoms with Crippen molar-refractivity contribution in [2.24, 2.45) is 0 Å². The first-order valence-electron chi connectivity index (χ1n) is 23.4. The second-order valence-corrected chi connectivity index (χ2v) is 17.8. The summed E-state index contributed by atoms with van der Waals surface area (Å²) in [6, 6.07) is 66.5. The van der Waals surface area contributed by atoms with Crippen molar-refractivity contribution in [1.29, 1.82) is 0 Å². The molecule has 10 heteroatoms. The van der Waals surface area contributed by atoms with Gasteiger partial charge in [-0.05, 0) is 165 Å². The largest absolute Gasteiger partial charge is 0.478 e. The average molecular weight is 937 g/mol. The predicted octanol–water partition coefficient (Wildman–Crippen LogP) is 16.5. The van der Waals surface area contributed by atoms with Gasteiger partial charge in [-0.1, -0.05) is 54.1 Å². The van der Waals surface area contributed by atoms with E-state index in [-0.39, 0.29) is 5.56 Å². The highest BCUT2D eigenvalue weighted by molar-refractivity contribution is 6.11. The Balaban J connectivity index is 1.06. The molecule has 13 rings (SSSR count). The smallest absolute Gasteiger partial charge is 0.335 e. The van der Waals surface area contributed by atoms with Gasteiger partial charge in [-0.25, -0.2) is 14.8 Å². The van der Waals surface area contributed by atoms with Crippen LogP contribution in [0.15, 0.2) is 206 Å². The minimum absolute atomic E-state index is 0.177. The first-order valence-corrected chi connectivity index (χ1v) is 23.4. The Bertz CT molecular complexity index is 4130. The summed E-state index contributed by atoms with van der Waals surface area (Å²) < 4.78 is 25.6. The molecule has 8 bridgehead atoms. The molecular formula is C62H40N4O6. The molecule has 2 aliphatic heterocycles. The third kappa shape index (κ3) is 7.98. The van der Waals surface area contributed by atoms with E-state index in [2.05, 4.69) is 77.6 Å². The van der Waals surface area contributed by atoms with Gasteiger partial charge >= 0.3 is 5.97 Å². The fourth-order valence-corrected chi connectivity index (χ4v) is 9.43. The van der Waals surface area contributed by atoms with Crippen molar-refractivity contribution in [3.05, 3.63) is 217 Å². The van der Waals surface area contributed by atoms with Gasteiger partial charge in [-0.15, -0.1) is 0 Å². The third-order valence-electron chi connectivity index (χ3n) is 12.9. The lowest BCUT2D eigenvalue weighted by atomic mass is 10.0. The Kier molecular flexibility index (Phi) is 10.1. The zero-order valence-electron chi connectivity index (χ0n) is 38.5. The van der Waals surface area contributed by atoms with Crippen molar-refractivity contribution in [3.8, 4) is 91.0 Å². The van der Waals surface area contributed by atoms with E-state index in [0.717, 1.165) is 106 Å². The zero-order valence-corrected chi connectivity index (χ0v) is 38.5. The summed E-state index contributed by atoms with van der Waals surface area (Å²) in [7, 11) is 0. The van der Waals surface area contributed by atoms with Crippen molar-refractivity contribution in [1.82, 2.24) is 19.9 Å². The number of fused-ring (bicyclic) bond motifs is 20. The molecule has 10 nitrogen and oxygen atoms in total. The van der Waals surface area contributed by atoms with Crippen LogP contribution in [0.25, 0.3) is 88.6 Å². The SMILES string of the molecule is Cc1ccc(Oc2ccc3c4cc5nc(cc6[nH]c(cc7nc(cc([nH]4)c3c2)-c2ccc(Oc3ccccc3)cc2-7)c2ccc(Oc3ccccc3)cc62)-c2ccc(Oc3ccc(C(=O)O)cc3)cc2-5)cc1. The molecule has 11 aromatic rings. The van der Waals surface area contributed by atoms with Crippen LogP contribution in [0.2, 0.25) is 0 Å². The van der Waals surface area contributed by atoms with Gasteiger partial charge < -0.3 is 34.0 Å². The highest BCUT2D eigenvalue weighted by Gasteiger charge is 2.22. The molecule has 344 valence electrons. The van der Waals surface area contributed by atoms with Crippen LogP contribution >= 0.6 is 0 Å². The number of hydrogen-bond donors (Lipinski definition) is 3. The van der Waals surface area contributed by atoms with Crippen LogP contribution < -0.4 is 18.9 Å². The summed E-state index contributed by atoms with van der Waals surface area (Å²) in [6.45, 7) is 2.05. The summed E-state index contributed by atoms with van der Waals surface area (Å²) in [5, 5.41) is 13.3. The van der Waals surface area contributed by atoms with Gasteiger partial charge in [-0.2, -0.15) is 0 Å². The lowest BCUT2D eigenvalue weighted by Crippen LogP contribution is -1.95. The zero-order chi connectivity index (χ0) is 48.3. The Morgan fingerprint density at radius 1 is 0.361 bits per heavy atom. The van der Waals surface area contributed by atoms with Gasteiger partial charge in [0.15, 0.2) is 0 Å². The number of aryl methyl sites for hydroxylation is 1. The van der Waals surface area contributed by atoms with E-state index in [1.165, 1.54) is 12.1 Å². The number of ether oxygens (including phenoxy) is 4. The summed E-state index contributed by atoms with van der Waals surface area (Å²) in [5.41, 5.74) is 11.3. The monoisotopic (exact) mass is 936 g/mol. The van der Waals surface area contributed by atoms with Crippen LogP contribution in [-0.2, 0) is 0 Å². The number of aromatic carboxylic acids is 1. The van der Waals surface area contributed by atoms with E-state index in [0.29, 0.717) is 34.4 Å². The van der Waals surface area contributed by atoms with E-state index in [1.54, 1.807) is 12.1 Å². The lowest BCUT2D eigenvalue weighted by molar-refractivity contribution is 0.0697. The van der Waals surface area contributed by atoms with Crippen molar-refractivity contribution >= 4 is 49.6 Å². The quantitative estimate of drug-likeness (QED) is 0.130. The number of rotatable bonds is 9. The molecule has 2 aliphatic rings. The van der Waals surface area contributed by atoms with Gasteiger partial charge in [0, 0.05) is 65.9 Å². The predicted molar refractivity (Wildman–Crippen MR) is 283 cm³/mol. The number of H-pyrrole nitrogens is 2. The number of benzene rings is 8. The van der Waals surface area contributed by atoms with E-state index < -0.39 is 5.97 Å². The number of aromatic amines is 2. The van der Waals surface area contributed by atoms with Gasteiger partial charge in [0.2, 0.25) is 0 Å². The minimum atomic E-state index is -1.00. The average Bonchev–Trinajstić information content (AvgIpc) is 4.13. The molecule has 0 unspecified atom stereocenters. The third-order valence-corrected chi connectivity index (χ3v) is 12.9. The minimum Gasteiger partial charge on any atom is -0.478 e. The van der Waals surface area contributed by atoms with E-state index in [9.17, 15) is 9.90 Å². The summed E-state index contributed by atoms with van der Waals surface area (Å²) >= 11 is 0. The van der Waals surface area contributed by atoms with E-state index >= 15 is 0 Å². The van der Waals surface area contributed by atoms with Crippen molar-refractivity contribution < 1.29 is 28.8 Å². The molecule has 0 saturated carbocycles. The fourth-order valence-electron chi connectivity index (χ4n) is 9.43. The number of nitrogens with one attached hydrogen (secondary N) is 2. The molecule has 3 N–H and O–H groups in total. The van der Waals surface area contributed by atoms with Crippen molar-refractivity contribution in [2.45, 2.75) is 6.92 Å². The van der Waals surface area contributed by atoms with E-state index in [4.69, 9.17) is 28.9 Å². The Labute approximate surface area is 412 Å². The van der Waals surface area contributed by atoms with E-state index in [1.807, 2.05) is 121 Å². The first-order chi connectivity index (χ1) is 35.3. The van der Waals surface area contributed by atoms with Crippen molar-refractivity contribution in [2.75, 3.05) is 0 Å². The lowest BCUT2D eigenvalue weighted by Gasteiger charge is -2.08. The second-order valence-electron chi connectivity index (χ2n) is 17.8. The van der Waals surface area contributed by atoms with Crippen LogP contribution in [-0.4, -0.2) is 31.0 Å². The molecule has 0 atom stereocenters. The molecule has 0 amide bonds. The van der Waals surface area contributed by atoms with Crippen LogP contribution in [0.1, 0.15) is 15.9 Å². The highest BCUT2D eigenvalue weighted by Crippen LogP contribution is 2.44. The maximum Gasteiger partial charge on any atom is 0.335 e. The van der Waals surface area contributed by atoms with Gasteiger partial charge in [0.25, 0.3) is 0 Å². The summed E-state index contributed by atoms with van der Waals surface area (Å²) in [5.74, 6) is 4.34. The number of nitrogens with zero attached hydrogens (tertiary/aromatic N) is 2. The van der Waals surface area contributed by atoms with Crippen molar-refractivity contribution in [3.63, 3.8) is 0 Å². The summed E-state index contributed by atoms with van der Waals surface area (Å²) in [4.78, 5) is 29.9. The molecular weight excluding hydrogens is 897 g/mol. The number of para-hydroxylation sites is 2. The Morgan fingerprint density at radius 3 is 1.14 bits per heavy atom. The molecule has 5 heterocycles. The number of carboxylic acid groups (broad SMARTS) is 1. The first kappa shape index (κ1) is 42.2. The maximum atomic E-state index is 11.6. The molecule has 3 aromatic heterocycles. The Morgan fingerprint density at radius 2 is 0.708 bits per heavy atom. The molecule has 0 saturated heterocycles. The topological polar surface area (TPSA) is 132 Å². The number of aromatic nitrogens is 4. The van der Waals surface area contributed by atoms with Gasteiger partial charge in [-0.3, -0.25) is 0 Å². The van der Waals surface area contributed by atoms with Gasteiger partial charge in [0.05, 0.1) is 28.3 Å². The fraction of sp³-hybridized carbons (Fsp3) is 0.0161. The highest BCUT2D eigenvalue weighted by atomic mass is 16.5. The molecule has 8 aromatic carbocycles. The number of carbonyl (C=O) groups is 1. The molecule has 0 aliphatic carbocycles. The molecule has 72 heavy (non-hydrogen) atoms. The van der Waals surface area contributed by atoms with Crippen LogP contribution in [0.4, 0.5) is 0 Å². The normalized spacial score (nSPS) is 11.5. The number of hydrogen-bond acceptors (Lipinski definition) is 7. The molecule has 0 fully saturated rings. The van der Waals surface area contributed by atoms with Gasteiger partial charge in [0.1, 0.15) is 46.0 Å².